The normalized spacial score (nSPS) is 19.9. The Morgan fingerprint density at radius 2 is 2.00 bits per heavy atom. The molecule has 17 heavy (non-hydrogen) atoms. The maximum Gasteiger partial charge on any atom is 0.330 e. The molecule has 1 rings (SSSR count). The molecule has 0 radical (unpaired) electrons. The van der Waals surface area contributed by atoms with E-state index in [-0.39, 0.29) is 0 Å². The number of piperidine rings is 1. The van der Waals surface area contributed by atoms with E-state index in [1.165, 1.54) is 7.05 Å². The standard InChI is InChI=1S/C11H21N3O3/c1-12-9(11(16)17)10(15)13-7-8-3-5-14(2)6-4-8/h8-9,12H,3-7H2,1-2H3,(H,13,15)(H,16,17). The lowest BCUT2D eigenvalue weighted by Crippen LogP contribution is -2.49. The van der Waals surface area contributed by atoms with Crippen molar-refractivity contribution in [2.75, 3.05) is 33.7 Å². The van der Waals surface area contributed by atoms with Crippen molar-refractivity contribution in [3.8, 4) is 0 Å². The number of likely N-dealkylation sites (N-methyl/N-ethyl adjacent to an activating group) is 1. The lowest BCUT2D eigenvalue weighted by Gasteiger charge is -2.29. The van der Waals surface area contributed by atoms with Crippen LogP contribution in [0.5, 0.6) is 0 Å². The van der Waals surface area contributed by atoms with E-state index in [1.807, 2.05) is 0 Å². The second-order valence-corrected chi connectivity index (χ2v) is 4.55. The second kappa shape index (κ2) is 6.56. The molecule has 1 atom stereocenters. The first-order valence-electron chi connectivity index (χ1n) is 5.91. The fourth-order valence-corrected chi connectivity index (χ4v) is 1.98. The maximum absolute atomic E-state index is 11.6. The third-order valence-corrected chi connectivity index (χ3v) is 3.20. The zero-order valence-corrected chi connectivity index (χ0v) is 10.4. The summed E-state index contributed by atoms with van der Waals surface area (Å²) in [5, 5.41) is 14.0. The van der Waals surface area contributed by atoms with Gasteiger partial charge in [0.05, 0.1) is 0 Å². The largest absolute Gasteiger partial charge is 0.480 e. The number of hydrogen-bond acceptors (Lipinski definition) is 4. The van der Waals surface area contributed by atoms with E-state index in [1.54, 1.807) is 0 Å². The highest BCUT2D eigenvalue weighted by Crippen LogP contribution is 2.14. The molecule has 0 bridgehead atoms. The summed E-state index contributed by atoms with van der Waals surface area (Å²) in [6.07, 6.45) is 2.10. The van der Waals surface area contributed by atoms with Crippen LogP contribution in [0.1, 0.15) is 12.8 Å². The van der Waals surface area contributed by atoms with Crippen molar-refractivity contribution in [3.05, 3.63) is 0 Å². The van der Waals surface area contributed by atoms with Crippen molar-refractivity contribution in [3.63, 3.8) is 0 Å². The molecule has 1 aliphatic heterocycles. The van der Waals surface area contributed by atoms with Gasteiger partial charge in [0, 0.05) is 6.54 Å². The van der Waals surface area contributed by atoms with E-state index >= 15 is 0 Å². The van der Waals surface area contributed by atoms with Crippen molar-refractivity contribution in [1.29, 1.82) is 0 Å². The molecule has 1 fully saturated rings. The molecular formula is C11H21N3O3. The number of carbonyl (C=O) groups excluding carboxylic acids is 1. The Labute approximate surface area is 101 Å². The van der Waals surface area contributed by atoms with Crippen LogP contribution in [0.3, 0.4) is 0 Å². The molecule has 0 saturated carbocycles. The van der Waals surface area contributed by atoms with Gasteiger partial charge in [0.1, 0.15) is 0 Å². The first-order valence-corrected chi connectivity index (χ1v) is 5.91. The Morgan fingerprint density at radius 1 is 1.41 bits per heavy atom. The maximum atomic E-state index is 11.6. The molecule has 1 amide bonds. The van der Waals surface area contributed by atoms with Gasteiger partial charge >= 0.3 is 5.97 Å². The Kier molecular flexibility index (Phi) is 5.37. The monoisotopic (exact) mass is 243 g/mol. The number of nitrogens with one attached hydrogen (secondary N) is 2. The number of carbonyl (C=O) groups is 2. The molecular weight excluding hydrogens is 222 g/mol. The Hall–Kier alpha value is -1.14. The summed E-state index contributed by atoms with van der Waals surface area (Å²) >= 11 is 0. The van der Waals surface area contributed by atoms with Crippen LogP contribution in [-0.2, 0) is 9.59 Å². The summed E-state index contributed by atoms with van der Waals surface area (Å²) in [4.78, 5) is 24.5. The van der Waals surface area contributed by atoms with Crippen LogP contribution in [0.2, 0.25) is 0 Å². The molecule has 1 unspecified atom stereocenters. The van der Waals surface area contributed by atoms with Crippen LogP contribution in [0.4, 0.5) is 0 Å². The van der Waals surface area contributed by atoms with Gasteiger partial charge in [0.2, 0.25) is 5.91 Å². The molecule has 0 aromatic heterocycles. The summed E-state index contributed by atoms with van der Waals surface area (Å²) in [5.41, 5.74) is 0. The van der Waals surface area contributed by atoms with E-state index in [0.717, 1.165) is 25.9 Å². The quantitative estimate of drug-likeness (QED) is 0.546. The highest BCUT2D eigenvalue weighted by molar-refractivity contribution is 6.01. The molecule has 1 heterocycles. The van der Waals surface area contributed by atoms with Gasteiger partial charge < -0.3 is 15.3 Å². The topological polar surface area (TPSA) is 81.7 Å². The SMILES string of the molecule is CNC(C(=O)O)C(=O)NCC1CCN(C)CC1. The molecule has 0 aliphatic carbocycles. The summed E-state index contributed by atoms with van der Waals surface area (Å²) in [6, 6.07) is -1.15. The predicted octanol–water partition coefficient (Wildman–Crippen LogP) is -0.883. The zero-order valence-electron chi connectivity index (χ0n) is 10.4. The van der Waals surface area contributed by atoms with Crippen molar-refractivity contribution in [2.45, 2.75) is 18.9 Å². The van der Waals surface area contributed by atoms with Gasteiger partial charge in [0.25, 0.3) is 0 Å². The number of nitrogens with zero attached hydrogens (tertiary/aromatic N) is 1. The van der Waals surface area contributed by atoms with E-state index in [0.29, 0.717) is 12.5 Å². The molecule has 0 spiro atoms. The van der Waals surface area contributed by atoms with Gasteiger partial charge in [-0.25, -0.2) is 4.79 Å². The molecule has 6 heteroatoms. The van der Waals surface area contributed by atoms with Gasteiger partial charge in [-0.1, -0.05) is 0 Å². The first-order chi connectivity index (χ1) is 8.04. The zero-order chi connectivity index (χ0) is 12.8. The number of amides is 1. The van der Waals surface area contributed by atoms with Gasteiger partial charge in [-0.05, 0) is 45.9 Å². The number of likely N-dealkylation sites (tertiary alicyclic amines) is 1. The predicted molar refractivity (Wildman–Crippen MR) is 63.7 cm³/mol. The van der Waals surface area contributed by atoms with Crippen molar-refractivity contribution in [2.24, 2.45) is 5.92 Å². The Bertz CT molecular complexity index is 275. The second-order valence-electron chi connectivity index (χ2n) is 4.55. The Morgan fingerprint density at radius 3 is 2.47 bits per heavy atom. The number of hydrogen-bond donors (Lipinski definition) is 3. The van der Waals surface area contributed by atoms with Crippen molar-refractivity contribution < 1.29 is 14.7 Å². The van der Waals surface area contributed by atoms with Gasteiger partial charge in [-0.15, -0.1) is 0 Å². The van der Waals surface area contributed by atoms with Gasteiger partial charge in [-0.3, -0.25) is 10.1 Å². The van der Waals surface area contributed by atoms with Crippen molar-refractivity contribution in [1.82, 2.24) is 15.5 Å². The summed E-state index contributed by atoms with van der Waals surface area (Å²) < 4.78 is 0. The summed E-state index contributed by atoms with van der Waals surface area (Å²) in [6.45, 7) is 2.64. The number of rotatable bonds is 5. The van der Waals surface area contributed by atoms with Gasteiger partial charge in [0.15, 0.2) is 6.04 Å². The average molecular weight is 243 g/mol. The highest BCUT2D eigenvalue weighted by Gasteiger charge is 2.25. The first kappa shape index (κ1) is 13.9. The lowest BCUT2D eigenvalue weighted by atomic mass is 9.97. The summed E-state index contributed by atoms with van der Waals surface area (Å²) in [7, 11) is 3.55. The molecule has 1 aliphatic rings. The van der Waals surface area contributed by atoms with E-state index < -0.39 is 17.9 Å². The van der Waals surface area contributed by atoms with Crippen LogP contribution >= 0.6 is 0 Å². The highest BCUT2D eigenvalue weighted by atomic mass is 16.4. The Balaban J connectivity index is 2.30. The average Bonchev–Trinajstić information content (AvgIpc) is 2.28. The third kappa shape index (κ3) is 4.32. The van der Waals surface area contributed by atoms with Crippen LogP contribution in [0.25, 0.3) is 0 Å². The minimum atomic E-state index is -1.15. The minimum Gasteiger partial charge on any atom is -0.480 e. The molecule has 1 saturated heterocycles. The molecule has 0 aromatic rings. The van der Waals surface area contributed by atoms with Crippen LogP contribution in [0.15, 0.2) is 0 Å². The van der Waals surface area contributed by atoms with E-state index in [2.05, 4.69) is 22.6 Å². The van der Waals surface area contributed by atoms with E-state index in [9.17, 15) is 9.59 Å². The lowest BCUT2D eigenvalue weighted by molar-refractivity contribution is -0.143. The van der Waals surface area contributed by atoms with Crippen molar-refractivity contribution >= 4 is 11.9 Å². The van der Waals surface area contributed by atoms with Crippen LogP contribution in [-0.4, -0.2) is 61.7 Å². The molecule has 0 aromatic carbocycles. The minimum absolute atomic E-state index is 0.459. The fourth-order valence-electron chi connectivity index (χ4n) is 1.98. The molecule has 3 N–H and O–H groups in total. The van der Waals surface area contributed by atoms with Crippen LogP contribution < -0.4 is 10.6 Å². The number of carboxylic acids is 1. The van der Waals surface area contributed by atoms with E-state index in [4.69, 9.17) is 5.11 Å². The number of carboxylic acid groups (broad SMARTS) is 1. The summed E-state index contributed by atoms with van der Waals surface area (Å²) in [5.74, 6) is -1.14. The smallest absolute Gasteiger partial charge is 0.330 e. The third-order valence-electron chi connectivity index (χ3n) is 3.20. The number of aliphatic carboxylic acids is 1. The molecule has 6 nitrogen and oxygen atoms in total. The van der Waals surface area contributed by atoms with Crippen LogP contribution in [0, 0.1) is 5.92 Å². The fraction of sp³-hybridized carbons (Fsp3) is 0.818. The molecule has 98 valence electrons. The van der Waals surface area contributed by atoms with Gasteiger partial charge in [-0.2, -0.15) is 0 Å².